The van der Waals surface area contributed by atoms with Crippen LogP contribution in [-0.2, 0) is 4.74 Å². The minimum absolute atomic E-state index is 0.214. The minimum Gasteiger partial charge on any atom is -0.493 e. The van der Waals surface area contributed by atoms with E-state index in [1.807, 2.05) is 24.3 Å². The molecule has 0 aliphatic carbocycles. The first-order valence-electron chi connectivity index (χ1n) is 9.44. The zero-order chi connectivity index (χ0) is 20.2. The first-order valence-corrected chi connectivity index (χ1v) is 9.44. The largest absolute Gasteiger partial charge is 0.493 e. The summed E-state index contributed by atoms with van der Waals surface area (Å²) in [5.41, 5.74) is 3.92. The Kier molecular flexibility index (Phi) is 5.42. The molecule has 0 amide bonds. The van der Waals surface area contributed by atoms with Gasteiger partial charge >= 0.3 is 5.97 Å². The molecule has 0 fully saturated rings. The highest BCUT2D eigenvalue weighted by atomic mass is 19.1. The van der Waals surface area contributed by atoms with Crippen LogP contribution < -0.4 is 10.1 Å². The van der Waals surface area contributed by atoms with Gasteiger partial charge in [0.2, 0.25) is 0 Å². The number of fused-ring (bicyclic) bond motifs is 1. The fourth-order valence-corrected chi connectivity index (χ4v) is 3.58. The average molecular weight is 392 g/mol. The van der Waals surface area contributed by atoms with E-state index in [0.29, 0.717) is 24.4 Å². The minimum atomic E-state index is -0.401. The number of rotatable bonds is 5. The average Bonchev–Trinajstić information content (AvgIpc) is 2.77. The molecule has 0 spiro atoms. The summed E-state index contributed by atoms with van der Waals surface area (Å²) in [6.07, 6.45) is 4.04. The van der Waals surface area contributed by atoms with Crippen LogP contribution in [0, 0.1) is 5.82 Å². The number of anilines is 1. The van der Waals surface area contributed by atoms with Crippen LogP contribution >= 0.6 is 0 Å². The van der Waals surface area contributed by atoms with Gasteiger partial charge in [-0.15, -0.1) is 0 Å². The lowest BCUT2D eigenvalue weighted by atomic mass is 9.91. The molecule has 0 saturated heterocycles. The number of ether oxygens (including phenoxy) is 2. The zero-order valence-electron chi connectivity index (χ0n) is 16.0. The van der Waals surface area contributed by atoms with E-state index in [4.69, 9.17) is 9.47 Å². The maximum absolute atomic E-state index is 13.6. The van der Waals surface area contributed by atoms with E-state index in [2.05, 4.69) is 10.3 Å². The van der Waals surface area contributed by atoms with Crippen molar-refractivity contribution in [1.82, 2.24) is 4.98 Å². The Bertz CT molecular complexity index is 1040. The van der Waals surface area contributed by atoms with Crippen molar-refractivity contribution in [2.24, 2.45) is 0 Å². The summed E-state index contributed by atoms with van der Waals surface area (Å²) in [5, 5.41) is 3.32. The number of hydrogen-bond donors (Lipinski definition) is 1. The fraction of sp³-hybridized carbons (Fsp3) is 0.217. The third-order valence-electron chi connectivity index (χ3n) is 5.10. The molecular weight excluding hydrogens is 371 g/mol. The van der Waals surface area contributed by atoms with Crippen molar-refractivity contribution in [1.29, 1.82) is 0 Å². The number of nitrogens with zero attached hydrogens (tertiary/aromatic N) is 1. The summed E-state index contributed by atoms with van der Waals surface area (Å²) in [5.74, 6) is 0.360. The van der Waals surface area contributed by atoms with Gasteiger partial charge in [-0.2, -0.15) is 0 Å². The number of aromatic nitrogens is 1. The standard InChI is InChI=1S/C23H21FN2O3/c1-28-23(27)20-7-9-25-14-21(20)26-13-17-8-10-29-22-12-16(5-6-19(17)22)15-3-2-4-18(24)11-15/h2-7,9,11-12,14,17,26H,8,10,13H2,1H3/t17-/m1/s1. The van der Waals surface area contributed by atoms with E-state index < -0.39 is 5.97 Å². The Morgan fingerprint density at radius 1 is 1.24 bits per heavy atom. The molecule has 1 aliphatic rings. The van der Waals surface area contributed by atoms with E-state index in [9.17, 15) is 9.18 Å². The molecule has 1 aliphatic heterocycles. The summed E-state index contributed by atoms with van der Waals surface area (Å²) >= 11 is 0. The molecule has 2 heterocycles. The van der Waals surface area contributed by atoms with Crippen molar-refractivity contribution in [3.05, 3.63) is 77.9 Å². The number of nitrogens with one attached hydrogen (secondary N) is 1. The molecule has 29 heavy (non-hydrogen) atoms. The van der Waals surface area contributed by atoms with Crippen LogP contribution in [-0.4, -0.2) is 31.2 Å². The van der Waals surface area contributed by atoms with E-state index in [-0.39, 0.29) is 11.7 Å². The lowest BCUT2D eigenvalue weighted by Gasteiger charge is -2.27. The van der Waals surface area contributed by atoms with Gasteiger partial charge in [0.05, 0.1) is 31.2 Å². The smallest absolute Gasteiger partial charge is 0.340 e. The van der Waals surface area contributed by atoms with Crippen LogP contribution in [0.15, 0.2) is 60.9 Å². The van der Waals surface area contributed by atoms with Crippen molar-refractivity contribution in [3.8, 4) is 16.9 Å². The molecule has 3 aromatic rings. The van der Waals surface area contributed by atoms with Crippen LogP contribution in [0.25, 0.3) is 11.1 Å². The number of hydrogen-bond acceptors (Lipinski definition) is 5. The van der Waals surface area contributed by atoms with E-state index >= 15 is 0 Å². The molecule has 2 aromatic carbocycles. The second-order valence-electron chi connectivity index (χ2n) is 6.89. The third kappa shape index (κ3) is 4.06. The Morgan fingerprint density at radius 2 is 2.10 bits per heavy atom. The number of carbonyl (C=O) groups is 1. The molecule has 5 nitrogen and oxygen atoms in total. The lowest BCUT2D eigenvalue weighted by Crippen LogP contribution is -2.21. The Labute approximate surface area is 168 Å². The monoisotopic (exact) mass is 392 g/mol. The van der Waals surface area contributed by atoms with Crippen LogP contribution in [0.1, 0.15) is 28.3 Å². The first kappa shape index (κ1) is 18.9. The summed E-state index contributed by atoms with van der Waals surface area (Å²) in [6, 6.07) is 14.1. The van der Waals surface area contributed by atoms with Gasteiger partial charge in [0.15, 0.2) is 0 Å². The lowest BCUT2D eigenvalue weighted by molar-refractivity contribution is 0.0601. The number of benzene rings is 2. The predicted octanol–water partition coefficient (Wildman–Crippen LogP) is 4.65. The highest BCUT2D eigenvalue weighted by molar-refractivity contribution is 5.95. The van der Waals surface area contributed by atoms with Crippen molar-refractivity contribution in [3.63, 3.8) is 0 Å². The van der Waals surface area contributed by atoms with Gasteiger partial charge < -0.3 is 14.8 Å². The van der Waals surface area contributed by atoms with Crippen molar-refractivity contribution < 1.29 is 18.7 Å². The Hall–Kier alpha value is -3.41. The normalized spacial score (nSPS) is 15.2. The fourth-order valence-electron chi connectivity index (χ4n) is 3.58. The topological polar surface area (TPSA) is 60.5 Å². The van der Waals surface area contributed by atoms with Gasteiger partial charge in [-0.3, -0.25) is 4.98 Å². The summed E-state index contributed by atoms with van der Waals surface area (Å²) in [6.45, 7) is 1.23. The van der Waals surface area contributed by atoms with Gasteiger partial charge in [-0.25, -0.2) is 9.18 Å². The van der Waals surface area contributed by atoms with Gasteiger partial charge in [0.1, 0.15) is 11.6 Å². The highest BCUT2D eigenvalue weighted by Gasteiger charge is 2.23. The Morgan fingerprint density at radius 3 is 2.93 bits per heavy atom. The second-order valence-corrected chi connectivity index (χ2v) is 6.89. The predicted molar refractivity (Wildman–Crippen MR) is 109 cm³/mol. The van der Waals surface area contributed by atoms with Gasteiger partial charge in [-0.1, -0.05) is 24.3 Å². The van der Waals surface area contributed by atoms with Crippen molar-refractivity contribution >= 4 is 11.7 Å². The van der Waals surface area contributed by atoms with E-state index in [1.54, 1.807) is 24.5 Å². The molecule has 1 atom stereocenters. The number of pyridine rings is 1. The van der Waals surface area contributed by atoms with Crippen molar-refractivity contribution in [2.45, 2.75) is 12.3 Å². The number of halogens is 1. The van der Waals surface area contributed by atoms with Gasteiger partial charge in [0.25, 0.3) is 0 Å². The van der Waals surface area contributed by atoms with Gasteiger partial charge in [0, 0.05) is 18.7 Å². The van der Waals surface area contributed by atoms with Gasteiger partial charge in [-0.05, 0) is 47.4 Å². The first-order chi connectivity index (χ1) is 14.2. The van der Waals surface area contributed by atoms with E-state index in [1.165, 1.54) is 19.2 Å². The maximum Gasteiger partial charge on any atom is 0.340 e. The quantitative estimate of drug-likeness (QED) is 0.641. The molecule has 1 N–H and O–H groups in total. The molecule has 0 bridgehead atoms. The van der Waals surface area contributed by atoms with Crippen LogP contribution in [0.5, 0.6) is 5.75 Å². The van der Waals surface area contributed by atoms with Crippen molar-refractivity contribution in [2.75, 3.05) is 25.6 Å². The molecular formula is C23H21FN2O3. The maximum atomic E-state index is 13.6. The number of carbonyl (C=O) groups excluding carboxylic acids is 1. The highest BCUT2D eigenvalue weighted by Crippen LogP contribution is 2.37. The summed E-state index contributed by atoms with van der Waals surface area (Å²) < 4.78 is 24.3. The Balaban J connectivity index is 1.54. The summed E-state index contributed by atoms with van der Waals surface area (Å²) in [4.78, 5) is 16.0. The molecule has 6 heteroatoms. The SMILES string of the molecule is COC(=O)c1ccncc1NC[C@H]1CCOc2cc(-c3cccc(F)c3)ccc21. The van der Waals surface area contributed by atoms with E-state index in [0.717, 1.165) is 28.9 Å². The molecule has 0 radical (unpaired) electrons. The van der Waals surface area contributed by atoms with Crippen LogP contribution in [0.3, 0.4) is 0 Å². The second kappa shape index (κ2) is 8.31. The number of esters is 1. The molecule has 1 aromatic heterocycles. The summed E-state index contributed by atoms with van der Waals surface area (Å²) in [7, 11) is 1.36. The number of methoxy groups -OCH3 is 1. The molecule has 4 rings (SSSR count). The molecule has 0 unspecified atom stereocenters. The van der Waals surface area contributed by atoms with Crippen LogP contribution in [0.2, 0.25) is 0 Å². The van der Waals surface area contributed by atoms with Crippen LogP contribution in [0.4, 0.5) is 10.1 Å². The molecule has 0 saturated carbocycles. The third-order valence-corrected chi connectivity index (χ3v) is 5.10. The molecule has 148 valence electrons. The zero-order valence-corrected chi connectivity index (χ0v) is 16.0.